The fourth-order valence-corrected chi connectivity index (χ4v) is 5.00. The summed E-state index contributed by atoms with van der Waals surface area (Å²) in [5.41, 5.74) is 3.65. The Balaban J connectivity index is 3.30. The van der Waals surface area contributed by atoms with Crippen LogP contribution in [0.15, 0.2) is 12.1 Å². The molecule has 216 valence electrons. The van der Waals surface area contributed by atoms with Crippen LogP contribution >= 0.6 is 0 Å². The molecule has 0 unspecified atom stereocenters. The zero-order valence-electron chi connectivity index (χ0n) is 25.8. The summed E-state index contributed by atoms with van der Waals surface area (Å²) in [6, 6.07) is 4.66. The molecule has 1 N–H and O–H groups in total. The second-order valence-electron chi connectivity index (χ2n) is 11.2. The molecule has 4 nitrogen and oxygen atoms in total. The van der Waals surface area contributed by atoms with Gasteiger partial charge >= 0.3 is 0 Å². The lowest BCUT2D eigenvalue weighted by molar-refractivity contribution is 0.243. The van der Waals surface area contributed by atoms with Gasteiger partial charge in [-0.3, -0.25) is 14.7 Å². The van der Waals surface area contributed by atoms with E-state index in [0.717, 1.165) is 56.9 Å². The Bertz CT molecular complexity index is 611. The van der Waals surface area contributed by atoms with E-state index in [9.17, 15) is 5.11 Å². The zero-order chi connectivity index (χ0) is 27.3. The number of aromatic hydroxyl groups is 1. The molecular weight excluding hydrogens is 454 g/mol. The molecule has 0 aliphatic carbocycles. The van der Waals surface area contributed by atoms with Gasteiger partial charge in [0.05, 0.1) is 0 Å². The summed E-state index contributed by atoms with van der Waals surface area (Å²) in [4.78, 5) is 7.80. The number of benzene rings is 1. The Hall–Kier alpha value is -1.10. The first kappa shape index (κ1) is 33.9. The average molecular weight is 518 g/mol. The van der Waals surface area contributed by atoms with Crippen molar-refractivity contribution in [2.75, 3.05) is 39.3 Å². The first-order valence-electron chi connectivity index (χ1n) is 16.0. The molecule has 0 aliphatic heterocycles. The molecule has 0 saturated carbocycles. The molecule has 0 atom stereocenters. The van der Waals surface area contributed by atoms with E-state index in [1.165, 1.54) is 95.7 Å². The maximum atomic E-state index is 11.6. The second kappa shape index (κ2) is 21.8. The Kier molecular flexibility index (Phi) is 20.0. The fourth-order valence-electron chi connectivity index (χ4n) is 5.00. The van der Waals surface area contributed by atoms with E-state index in [-0.39, 0.29) is 0 Å². The number of nitrogens with zero attached hydrogens (tertiary/aromatic N) is 3. The van der Waals surface area contributed by atoms with Crippen molar-refractivity contribution < 1.29 is 5.11 Å². The van der Waals surface area contributed by atoms with E-state index in [4.69, 9.17) is 0 Å². The number of rotatable bonds is 24. The Morgan fingerprint density at radius 1 is 0.459 bits per heavy atom. The lowest BCUT2D eigenvalue weighted by Gasteiger charge is -2.27. The summed E-state index contributed by atoms with van der Waals surface area (Å²) in [5, 5.41) is 11.6. The molecule has 0 radical (unpaired) electrons. The van der Waals surface area contributed by atoms with E-state index in [1.807, 2.05) is 0 Å². The van der Waals surface area contributed by atoms with Gasteiger partial charge < -0.3 is 5.11 Å². The van der Waals surface area contributed by atoms with Gasteiger partial charge in [-0.1, -0.05) is 80.1 Å². The molecule has 1 rings (SSSR count). The van der Waals surface area contributed by atoms with Crippen LogP contribution < -0.4 is 0 Å². The Labute approximate surface area is 231 Å². The predicted molar refractivity (Wildman–Crippen MR) is 163 cm³/mol. The van der Waals surface area contributed by atoms with Crippen LogP contribution in [0.25, 0.3) is 0 Å². The van der Waals surface area contributed by atoms with Crippen LogP contribution in [0.1, 0.15) is 135 Å². The molecule has 37 heavy (non-hydrogen) atoms. The summed E-state index contributed by atoms with van der Waals surface area (Å²) in [6.07, 6.45) is 14.7. The molecule has 4 heteroatoms. The molecule has 0 amide bonds. The maximum Gasteiger partial charge on any atom is 0.124 e. The van der Waals surface area contributed by atoms with Gasteiger partial charge in [0.1, 0.15) is 5.75 Å². The smallest absolute Gasteiger partial charge is 0.124 e. The van der Waals surface area contributed by atoms with E-state index < -0.39 is 0 Å². The Morgan fingerprint density at radius 2 is 0.730 bits per heavy atom. The normalized spacial score (nSPS) is 11.9. The molecule has 0 fully saturated rings. The highest BCUT2D eigenvalue weighted by Gasteiger charge is 2.17. The van der Waals surface area contributed by atoms with Crippen molar-refractivity contribution in [1.82, 2.24) is 14.7 Å². The summed E-state index contributed by atoms with van der Waals surface area (Å²) in [7, 11) is 0. The molecule has 0 saturated heterocycles. The van der Waals surface area contributed by atoms with Gasteiger partial charge in [0.25, 0.3) is 0 Å². The van der Waals surface area contributed by atoms with Crippen LogP contribution in [0.5, 0.6) is 5.75 Å². The highest BCUT2D eigenvalue weighted by atomic mass is 16.3. The van der Waals surface area contributed by atoms with Gasteiger partial charge in [-0.25, -0.2) is 0 Å². The lowest BCUT2D eigenvalue weighted by Crippen LogP contribution is -2.28. The standard InChI is InChI=1S/C33H63N3O/c1-7-13-19-34(20-14-8-2)27-30-25-31(28-35(21-15-9-3)22-16-10-4)33(37)32(26-30)29-36(23-17-11-5)24-18-12-6/h25-26,37H,7-24,27-29H2,1-6H3. The minimum Gasteiger partial charge on any atom is -0.507 e. The summed E-state index contributed by atoms with van der Waals surface area (Å²) >= 11 is 0. The van der Waals surface area contributed by atoms with Crippen LogP contribution in [0, 0.1) is 0 Å². The highest BCUT2D eigenvalue weighted by molar-refractivity contribution is 5.44. The van der Waals surface area contributed by atoms with Crippen molar-refractivity contribution in [2.24, 2.45) is 0 Å². The average Bonchev–Trinajstić information content (AvgIpc) is 2.90. The minimum atomic E-state index is 0.549. The van der Waals surface area contributed by atoms with E-state index in [2.05, 4.69) is 68.4 Å². The molecular formula is C33H63N3O. The second-order valence-corrected chi connectivity index (χ2v) is 11.2. The van der Waals surface area contributed by atoms with Gasteiger partial charge in [0.15, 0.2) is 0 Å². The van der Waals surface area contributed by atoms with Crippen LogP contribution in [-0.4, -0.2) is 59.1 Å². The number of unbranched alkanes of at least 4 members (excludes halogenated alkanes) is 6. The maximum absolute atomic E-state index is 11.6. The topological polar surface area (TPSA) is 30.0 Å². The number of phenolic OH excluding ortho intramolecular Hbond substituents is 1. The van der Waals surface area contributed by atoms with Crippen molar-refractivity contribution >= 4 is 0 Å². The van der Waals surface area contributed by atoms with Crippen LogP contribution in [-0.2, 0) is 19.6 Å². The summed E-state index contributed by atoms with van der Waals surface area (Å²) in [5.74, 6) is 0.549. The van der Waals surface area contributed by atoms with Crippen molar-refractivity contribution in [2.45, 2.75) is 138 Å². The minimum absolute atomic E-state index is 0.549. The molecule has 0 heterocycles. The third-order valence-electron chi connectivity index (χ3n) is 7.49. The Morgan fingerprint density at radius 3 is 1.00 bits per heavy atom. The van der Waals surface area contributed by atoms with Gasteiger partial charge in [-0.2, -0.15) is 0 Å². The molecule has 0 aromatic heterocycles. The third-order valence-corrected chi connectivity index (χ3v) is 7.49. The monoisotopic (exact) mass is 517 g/mol. The van der Waals surface area contributed by atoms with Gasteiger partial charge in [0, 0.05) is 30.8 Å². The number of hydrogen-bond acceptors (Lipinski definition) is 4. The van der Waals surface area contributed by atoms with Crippen LogP contribution in [0.2, 0.25) is 0 Å². The van der Waals surface area contributed by atoms with E-state index in [1.54, 1.807) is 0 Å². The van der Waals surface area contributed by atoms with Gasteiger partial charge in [-0.05, 0) is 95.5 Å². The first-order valence-corrected chi connectivity index (χ1v) is 16.0. The largest absolute Gasteiger partial charge is 0.507 e. The molecule has 0 spiro atoms. The van der Waals surface area contributed by atoms with Crippen molar-refractivity contribution in [3.63, 3.8) is 0 Å². The highest BCUT2D eigenvalue weighted by Crippen LogP contribution is 2.29. The van der Waals surface area contributed by atoms with E-state index >= 15 is 0 Å². The SMILES string of the molecule is CCCCN(CCCC)Cc1cc(CN(CCCC)CCCC)c(O)c(CN(CCCC)CCCC)c1. The van der Waals surface area contributed by atoms with Gasteiger partial charge in [-0.15, -0.1) is 0 Å². The van der Waals surface area contributed by atoms with Crippen molar-refractivity contribution in [3.8, 4) is 5.75 Å². The predicted octanol–water partition coefficient (Wildman–Crippen LogP) is 8.60. The molecule has 0 aliphatic rings. The van der Waals surface area contributed by atoms with Crippen molar-refractivity contribution in [3.05, 3.63) is 28.8 Å². The van der Waals surface area contributed by atoms with Gasteiger partial charge in [0.2, 0.25) is 0 Å². The fraction of sp³-hybridized carbons (Fsp3) is 0.818. The lowest BCUT2D eigenvalue weighted by atomic mass is 10.0. The molecule has 1 aromatic rings. The third kappa shape index (κ3) is 14.6. The van der Waals surface area contributed by atoms with Crippen LogP contribution in [0.3, 0.4) is 0 Å². The zero-order valence-corrected chi connectivity index (χ0v) is 25.8. The first-order chi connectivity index (χ1) is 18.0. The van der Waals surface area contributed by atoms with Crippen molar-refractivity contribution in [1.29, 1.82) is 0 Å². The number of phenols is 1. The number of hydrogen-bond donors (Lipinski definition) is 1. The van der Waals surface area contributed by atoms with Crippen LogP contribution in [0.4, 0.5) is 0 Å². The quantitative estimate of drug-likeness (QED) is 0.149. The van der Waals surface area contributed by atoms with E-state index in [0.29, 0.717) is 5.75 Å². The summed E-state index contributed by atoms with van der Waals surface area (Å²) < 4.78 is 0. The molecule has 0 bridgehead atoms. The summed E-state index contributed by atoms with van der Waals surface area (Å²) in [6.45, 7) is 23.2. The molecule has 1 aromatic carbocycles.